The van der Waals surface area contributed by atoms with Crippen LogP contribution in [-0.4, -0.2) is 10.2 Å². The molecule has 1 aromatic rings. The molecular formula is C12H14N2. The first-order valence-electron chi connectivity index (χ1n) is 4.90. The molecule has 0 fully saturated rings. The fraction of sp³-hybridized carbons (Fsp3) is 0.250. The van der Waals surface area contributed by atoms with E-state index in [4.69, 9.17) is 0 Å². The van der Waals surface area contributed by atoms with Crippen LogP contribution < -0.4 is 0 Å². The third-order valence-electron chi connectivity index (χ3n) is 2.41. The summed E-state index contributed by atoms with van der Waals surface area (Å²) in [6.07, 6.45) is 14.7. The van der Waals surface area contributed by atoms with Crippen LogP contribution in [0.25, 0.3) is 5.57 Å². The zero-order chi connectivity index (χ0) is 9.80. The van der Waals surface area contributed by atoms with Gasteiger partial charge >= 0.3 is 0 Å². The van der Waals surface area contributed by atoms with Crippen LogP contribution in [0.3, 0.4) is 0 Å². The largest absolute Gasteiger partial charge is 0.282 e. The van der Waals surface area contributed by atoms with Crippen molar-refractivity contribution >= 4 is 5.57 Å². The number of aryl methyl sites for hydroxylation is 1. The maximum atomic E-state index is 4.04. The molecule has 0 unspecified atom stereocenters. The molecular weight excluding hydrogens is 172 g/mol. The Bertz CT molecular complexity index is 394. The highest BCUT2D eigenvalue weighted by Gasteiger charge is 2.05. The number of hydrogen-bond acceptors (Lipinski definition) is 1. The van der Waals surface area contributed by atoms with Crippen LogP contribution >= 0.6 is 0 Å². The van der Waals surface area contributed by atoms with Gasteiger partial charge in [-0.25, -0.2) is 0 Å². The molecule has 1 heterocycles. The number of aromatic amines is 1. The van der Waals surface area contributed by atoms with E-state index in [0.29, 0.717) is 0 Å². The van der Waals surface area contributed by atoms with Crippen molar-refractivity contribution in [3.63, 3.8) is 0 Å². The van der Waals surface area contributed by atoms with Gasteiger partial charge in [0.1, 0.15) is 0 Å². The molecule has 2 heteroatoms. The maximum absolute atomic E-state index is 4.04. The summed E-state index contributed by atoms with van der Waals surface area (Å²) < 4.78 is 0. The minimum atomic E-state index is 1.08. The first-order chi connectivity index (χ1) is 6.88. The lowest BCUT2D eigenvalue weighted by atomic mass is 10.0. The molecule has 0 saturated carbocycles. The highest BCUT2D eigenvalue weighted by molar-refractivity contribution is 5.68. The fourth-order valence-electron chi connectivity index (χ4n) is 1.63. The zero-order valence-electron chi connectivity index (χ0n) is 8.33. The van der Waals surface area contributed by atoms with Gasteiger partial charge in [-0.3, -0.25) is 5.10 Å². The van der Waals surface area contributed by atoms with Gasteiger partial charge in [-0.1, -0.05) is 30.4 Å². The topological polar surface area (TPSA) is 28.7 Å². The average molecular weight is 186 g/mol. The van der Waals surface area contributed by atoms with E-state index >= 15 is 0 Å². The number of allylic oxidation sites excluding steroid dienone is 6. The molecule has 1 aromatic heterocycles. The second-order valence-corrected chi connectivity index (χ2v) is 3.45. The van der Waals surface area contributed by atoms with Crippen molar-refractivity contribution in [1.82, 2.24) is 10.2 Å². The van der Waals surface area contributed by atoms with Crippen molar-refractivity contribution in [3.05, 3.63) is 47.8 Å². The van der Waals surface area contributed by atoms with Crippen LogP contribution in [0, 0.1) is 6.92 Å². The van der Waals surface area contributed by atoms with Gasteiger partial charge in [-0.05, 0) is 25.3 Å². The van der Waals surface area contributed by atoms with Gasteiger partial charge in [0.2, 0.25) is 0 Å². The Morgan fingerprint density at radius 2 is 2.21 bits per heavy atom. The molecule has 0 bridgehead atoms. The van der Waals surface area contributed by atoms with Crippen LogP contribution in [-0.2, 0) is 0 Å². The summed E-state index contributed by atoms with van der Waals surface area (Å²) in [5.41, 5.74) is 3.75. The van der Waals surface area contributed by atoms with Crippen LogP contribution in [0.4, 0.5) is 0 Å². The second-order valence-electron chi connectivity index (χ2n) is 3.45. The lowest BCUT2D eigenvalue weighted by Crippen LogP contribution is -1.86. The van der Waals surface area contributed by atoms with E-state index in [2.05, 4.69) is 47.5 Å². The standard InChI is InChI=1S/C12H14N2/c1-10-12(9-13-14-10)11-7-5-3-2-4-6-8-11/h2-5,7,9H,6,8H2,1H3,(H,13,14)/b4-2-,5-3-,11-7+. The van der Waals surface area contributed by atoms with Crippen molar-refractivity contribution < 1.29 is 0 Å². The van der Waals surface area contributed by atoms with Crippen molar-refractivity contribution in [3.8, 4) is 0 Å². The van der Waals surface area contributed by atoms with Crippen LogP contribution in [0.2, 0.25) is 0 Å². The van der Waals surface area contributed by atoms with Crippen molar-refractivity contribution in [2.45, 2.75) is 19.8 Å². The van der Waals surface area contributed by atoms with Crippen LogP contribution in [0.15, 0.2) is 36.6 Å². The average Bonchev–Trinajstić information content (AvgIpc) is 2.51. The number of rotatable bonds is 1. The minimum absolute atomic E-state index is 1.08. The van der Waals surface area contributed by atoms with E-state index in [1.807, 2.05) is 6.20 Å². The molecule has 2 nitrogen and oxygen atoms in total. The highest BCUT2D eigenvalue weighted by Crippen LogP contribution is 2.22. The Morgan fingerprint density at radius 3 is 3.00 bits per heavy atom. The van der Waals surface area contributed by atoms with Crippen molar-refractivity contribution in [1.29, 1.82) is 0 Å². The van der Waals surface area contributed by atoms with E-state index in [0.717, 1.165) is 18.5 Å². The summed E-state index contributed by atoms with van der Waals surface area (Å²) in [5, 5.41) is 7.01. The molecule has 0 radical (unpaired) electrons. The third-order valence-corrected chi connectivity index (χ3v) is 2.41. The monoisotopic (exact) mass is 186 g/mol. The van der Waals surface area contributed by atoms with Gasteiger partial charge in [-0.15, -0.1) is 0 Å². The number of nitrogens with zero attached hydrogens (tertiary/aromatic N) is 1. The fourth-order valence-corrected chi connectivity index (χ4v) is 1.63. The number of hydrogen-bond donors (Lipinski definition) is 1. The molecule has 72 valence electrons. The lowest BCUT2D eigenvalue weighted by molar-refractivity contribution is 1.04. The van der Waals surface area contributed by atoms with Gasteiger partial charge in [-0.2, -0.15) is 5.10 Å². The Morgan fingerprint density at radius 1 is 1.29 bits per heavy atom. The van der Waals surface area contributed by atoms with E-state index in [-0.39, 0.29) is 0 Å². The molecule has 2 rings (SSSR count). The zero-order valence-corrected chi connectivity index (χ0v) is 8.33. The SMILES string of the molecule is Cc1[nH]ncc1/C1=C/C=C\C=C/CC1. The highest BCUT2D eigenvalue weighted by atomic mass is 15.1. The molecule has 1 aliphatic carbocycles. The van der Waals surface area contributed by atoms with Gasteiger partial charge in [0.15, 0.2) is 0 Å². The van der Waals surface area contributed by atoms with E-state index in [1.54, 1.807) is 0 Å². The smallest absolute Gasteiger partial charge is 0.0565 e. The van der Waals surface area contributed by atoms with Crippen molar-refractivity contribution in [2.24, 2.45) is 0 Å². The van der Waals surface area contributed by atoms with E-state index in [9.17, 15) is 0 Å². The van der Waals surface area contributed by atoms with E-state index < -0.39 is 0 Å². The Kier molecular flexibility index (Phi) is 2.63. The van der Waals surface area contributed by atoms with Gasteiger partial charge in [0.05, 0.1) is 6.20 Å². The molecule has 0 atom stereocenters. The number of H-pyrrole nitrogens is 1. The first kappa shape index (κ1) is 9.00. The molecule has 1 N–H and O–H groups in total. The second kappa shape index (κ2) is 4.09. The summed E-state index contributed by atoms with van der Waals surface area (Å²) in [4.78, 5) is 0. The first-order valence-corrected chi connectivity index (χ1v) is 4.90. The molecule has 0 saturated heterocycles. The summed E-state index contributed by atoms with van der Waals surface area (Å²) in [6, 6.07) is 0. The maximum Gasteiger partial charge on any atom is 0.0565 e. The van der Waals surface area contributed by atoms with Crippen LogP contribution in [0.1, 0.15) is 24.1 Å². The number of aromatic nitrogens is 2. The number of nitrogens with one attached hydrogen (secondary N) is 1. The molecule has 0 spiro atoms. The predicted octanol–water partition coefficient (Wildman–Crippen LogP) is 3.01. The van der Waals surface area contributed by atoms with Gasteiger partial charge in [0.25, 0.3) is 0 Å². The lowest BCUT2D eigenvalue weighted by Gasteiger charge is -2.04. The molecule has 0 aliphatic heterocycles. The Hall–Kier alpha value is -1.57. The molecule has 1 aliphatic rings. The Labute approximate surface area is 84.0 Å². The summed E-state index contributed by atoms with van der Waals surface area (Å²) in [5.74, 6) is 0. The third kappa shape index (κ3) is 1.84. The predicted molar refractivity (Wildman–Crippen MR) is 58.8 cm³/mol. The summed E-state index contributed by atoms with van der Waals surface area (Å²) in [7, 11) is 0. The molecule has 0 amide bonds. The van der Waals surface area contributed by atoms with Gasteiger partial charge in [0, 0.05) is 11.3 Å². The van der Waals surface area contributed by atoms with Crippen LogP contribution in [0.5, 0.6) is 0 Å². The van der Waals surface area contributed by atoms with Crippen molar-refractivity contribution in [2.75, 3.05) is 0 Å². The summed E-state index contributed by atoms with van der Waals surface area (Å²) in [6.45, 7) is 2.06. The Balaban J connectivity index is 2.30. The van der Waals surface area contributed by atoms with E-state index in [1.165, 1.54) is 11.1 Å². The molecule has 14 heavy (non-hydrogen) atoms. The normalized spacial score (nSPS) is 24.5. The summed E-state index contributed by atoms with van der Waals surface area (Å²) >= 11 is 0. The van der Waals surface area contributed by atoms with Gasteiger partial charge < -0.3 is 0 Å². The quantitative estimate of drug-likeness (QED) is 0.717. The molecule has 0 aromatic carbocycles. The minimum Gasteiger partial charge on any atom is -0.282 e.